The van der Waals surface area contributed by atoms with Crippen LogP contribution in [0.3, 0.4) is 0 Å². The second kappa shape index (κ2) is 6.19. The number of benzene rings is 1. The Kier molecular flexibility index (Phi) is 3.83. The average Bonchev–Trinajstić information content (AvgIpc) is 3.31. The SMILES string of the molecule is O=C(C[C@H]1CN2CCC1CC2)c1ccc2c(c1)CN=C2c1ccsc1. The predicted octanol–water partition coefficient (Wildman–Crippen LogP) is 4.01. The van der Waals surface area contributed by atoms with Gasteiger partial charge in [-0.2, -0.15) is 11.3 Å². The molecular formula is C21H22N2OS. The van der Waals surface area contributed by atoms with Crippen molar-refractivity contribution in [2.24, 2.45) is 16.8 Å². The minimum Gasteiger partial charge on any atom is -0.303 e. The third kappa shape index (κ3) is 2.77. The molecule has 6 rings (SSSR count). The summed E-state index contributed by atoms with van der Waals surface area (Å²) in [4.78, 5) is 20.1. The van der Waals surface area contributed by atoms with Crippen LogP contribution in [-0.2, 0) is 6.54 Å². The Hall–Kier alpha value is -1.78. The summed E-state index contributed by atoms with van der Waals surface area (Å²) in [6.45, 7) is 4.28. The van der Waals surface area contributed by atoms with Gasteiger partial charge < -0.3 is 4.90 Å². The number of rotatable bonds is 4. The first-order valence-corrected chi connectivity index (χ1v) is 10.2. The number of carbonyl (C=O) groups excluding carboxylic acids is 1. The summed E-state index contributed by atoms with van der Waals surface area (Å²) in [5, 5.41) is 4.22. The second-order valence-electron chi connectivity index (χ2n) is 7.57. The molecular weight excluding hydrogens is 328 g/mol. The normalized spacial score (nSPS) is 27.2. The van der Waals surface area contributed by atoms with Crippen LogP contribution in [0.5, 0.6) is 0 Å². The van der Waals surface area contributed by atoms with E-state index in [1.165, 1.54) is 42.6 Å². The minimum absolute atomic E-state index is 0.311. The third-order valence-corrected chi connectivity index (χ3v) is 6.81. The molecule has 0 spiro atoms. The summed E-state index contributed by atoms with van der Waals surface area (Å²) in [5.41, 5.74) is 5.53. The molecule has 4 aliphatic heterocycles. The fourth-order valence-corrected chi connectivity index (χ4v) is 5.34. The van der Waals surface area contributed by atoms with Gasteiger partial charge >= 0.3 is 0 Å². The van der Waals surface area contributed by atoms with Gasteiger partial charge in [0.1, 0.15) is 0 Å². The highest BCUT2D eigenvalue weighted by molar-refractivity contribution is 7.08. The molecule has 0 amide bonds. The van der Waals surface area contributed by atoms with Crippen molar-refractivity contribution in [3.8, 4) is 0 Å². The van der Waals surface area contributed by atoms with Gasteiger partial charge in [0.15, 0.2) is 5.78 Å². The van der Waals surface area contributed by atoms with Crippen LogP contribution in [0.2, 0.25) is 0 Å². The van der Waals surface area contributed by atoms with E-state index >= 15 is 0 Å². The molecule has 3 fully saturated rings. The van der Waals surface area contributed by atoms with Crippen molar-refractivity contribution < 1.29 is 4.79 Å². The van der Waals surface area contributed by atoms with E-state index in [1.54, 1.807) is 11.3 Å². The number of fused-ring (bicyclic) bond motifs is 4. The molecule has 0 saturated carbocycles. The Bertz CT molecular complexity index is 832. The van der Waals surface area contributed by atoms with Gasteiger partial charge in [0.25, 0.3) is 0 Å². The van der Waals surface area contributed by atoms with Crippen molar-refractivity contribution >= 4 is 22.8 Å². The highest BCUT2D eigenvalue weighted by Crippen LogP contribution is 2.35. The molecule has 4 aliphatic rings. The number of aliphatic imine (C=N–C) groups is 1. The lowest BCUT2D eigenvalue weighted by Gasteiger charge is -2.44. The van der Waals surface area contributed by atoms with Crippen molar-refractivity contribution in [2.75, 3.05) is 19.6 Å². The van der Waals surface area contributed by atoms with Gasteiger partial charge in [-0.15, -0.1) is 0 Å². The van der Waals surface area contributed by atoms with Crippen molar-refractivity contribution in [3.05, 3.63) is 57.3 Å². The molecule has 2 bridgehead atoms. The first-order chi connectivity index (χ1) is 12.3. The van der Waals surface area contributed by atoms with Crippen LogP contribution in [0.15, 0.2) is 40.0 Å². The van der Waals surface area contributed by atoms with Crippen LogP contribution in [0.25, 0.3) is 0 Å². The molecule has 0 aliphatic carbocycles. The average molecular weight is 350 g/mol. The number of thiophene rings is 1. The molecule has 1 atom stereocenters. The van der Waals surface area contributed by atoms with Gasteiger partial charge in [-0.05, 0) is 60.8 Å². The lowest BCUT2D eigenvalue weighted by Crippen LogP contribution is -2.47. The largest absolute Gasteiger partial charge is 0.303 e. The highest BCUT2D eigenvalue weighted by atomic mass is 32.1. The van der Waals surface area contributed by atoms with Crippen LogP contribution < -0.4 is 0 Å². The summed E-state index contributed by atoms with van der Waals surface area (Å²) in [6, 6.07) is 8.31. The van der Waals surface area contributed by atoms with Gasteiger partial charge in [0, 0.05) is 35.0 Å². The number of hydrogen-bond acceptors (Lipinski definition) is 4. The molecule has 1 aromatic carbocycles. The zero-order valence-electron chi connectivity index (χ0n) is 14.3. The summed E-state index contributed by atoms with van der Waals surface area (Å²) in [5.74, 6) is 1.63. The van der Waals surface area contributed by atoms with E-state index in [9.17, 15) is 4.79 Å². The summed E-state index contributed by atoms with van der Waals surface area (Å²) >= 11 is 1.70. The Morgan fingerprint density at radius 3 is 2.84 bits per heavy atom. The molecule has 25 heavy (non-hydrogen) atoms. The van der Waals surface area contributed by atoms with E-state index in [0.717, 1.165) is 23.7 Å². The maximum absolute atomic E-state index is 12.8. The standard InChI is InChI=1S/C21H22N2OS/c24-20(10-18-12-23-6-3-14(18)4-7-23)15-1-2-19-17(9-15)11-22-21(19)16-5-8-25-13-16/h1-2,5,8-9,13-14,18H,3-4,6-7,10-12H2/t18-/m0/s1. The Labute approximate surface area is 152 Å². The number of nitrogens with zero attached hydrogens (tertiary/aromatic N) is 2. The Balaban J connectivity index is 1.33. The van der Waals surface area contributed by atoms with Crippen LogP contribution in [0.4, 0.5) is 0 Å². The van der Waals surface area contributed by atoms with E-state index in [-0.39, 0.29) is 0 Å². The lowest BCUT2D eigenvalue weighted by atomic mass is 9.76. The van der Waals surface area contributed by atoms with Gasteiger partial charge in [-0.25, -0.2) is 0 Å². The molecule has 0 unspecified atom stereocenters. The molecule has 0 N–H and O–H groups in total. The van der Waals surface area contributed by atoms with Gasteiger partial charge in [0.05, 0.1) is 12.3 Å². The molecule has 1 aromatic heterocycles. The first kappa shape index (κ1) is 15.5. The lowest BCUT2D eigenvalue weighted by molar-refractivity contribution is 0.0441. The maximum atomic E-state index is 12.8. The van der Waals surface area contributed by atoms with Crippen LogP contribution in [0, 0.1) is 11.8 Å². The van der Waals surface area contributed by atoms with Gasteiger partial charge in [-0.3, -0.25) is 9.79 Å². The monoisotopic (exact) mass is 350 g/mol. The zero-order valence-corrected chi connectivity index (χ0v) is 15.1. The smallest absolute Gasteiger partial charge is 0.163 e. The van der Waals surface area contributed by atoms with Crippen molar-refractivity contribution in [2.45, 2.75) is 25.8 Å². The topological polar surface area (TPSA) is 32.7 Å². The molecule has 4 heteroatoms. The first-order valence-electron chi connectivity index (χ1n) is 9.24. The summed E-state index contributed by atoms with van der Waals surface area (Å²) in [6.07, 6.45) is 3.26. The van der Waals surface area contributed by atoms with Crippen molar-refractivity contribution in [3.63, 3.8) is 0 Å². The van der Waals surface area contributed by atoms with Crippen LogP contribution in [-0.4, -0.2) is 36.0 Å². The van der Waals surface area contributed by atoms with E-state index in [1.807, 2.05) is 6.07 Å². The molecule has 0 radical (unpaired) electrons. The predicted molar refractivity (Wildman–Crippen MR) is 102 cm³/mol. The zero-order chi connectivity index (χ0) is 16.8. The number of piperidine rings is 3. The quantitative estimate of drug-likeness (QED) is 0.781. The fourth-order valence-electron chi connectivity index (χ4n) is 4.70. The fraction of sp³-hybridized carbons (Fsp3) is 0.429. The number of hydrogen-bond donors (Lipinski definition) is 0. The Morgan fingerprint density at radius 1 is 1.24 bits per heavy atom. The molecule has 3 nitrogen and oxygen atoms in total. The van der Waals surface area contributed by atoms with E-state index in [4.69, 9.17) is 4.99 Å². The number of ketones is 1. The maximum Gasteiger partial charge on any atom is 0.163 e. The molecule has 128 valence electrons. The third-order valence-electron chi connectivity index (χ3n) is 6.12. The molecule has 3 saturated heterocycles. The minimum atomic E-state index is 0.311. The van der Waals surface area contributed by atoms with Crippen molar-refractivity contribution in [1.82, 2.24) is 4.90 Å². The number of carbonyl (C=O) groups is 1. The van der Waals surface area contributed by atoms with Crippen LogP contribution >= 0.6 is 11.3 Å². The summed E-state index contributed by atoms with van der Waals surface area (Å²) < 4.78 is 0. The van der Waals surface area contributed by atoms with E-state index < -0.39 is 0 Å². The molecule has 5 heterocycles. The molecule has 2 aromatic rings. The summed E-state index contributed by atoms with van der Waals surface area (Å²) in [7, 11) is 0. The second-order valence-corrected chi connectivity index (χ2v) is 8.35. The van der Waals surface area contributed by atoms with Gasteiger partial charge in [-0.1, -0.05) is 12.1 Å². The van der Waals surface area contributed by atoms with E-state index in [2.05, 4.69) is 33.9 Å². The van der Waals surface area contributed by atoms with Crippen LogP contribution in [0.1, 0.15) is 46.3 Å². The van der Waals surface area contributed by atoms with E-state index in [0.29, 0.717) is 24.7 Å². The highest BCUT2D eigenvalue weighted by Gasteiger charge is 2.35. The van der Waals surface area contributed by atoms with Crippen molar-refractivity contribution in [1.29, 1.82) is 0 Å². The number of Topliss-reactive ketones (excluding diaryl/α,β-unsaturated/α-hetero) is 1. The van der Waals surface area contributed by atoms with Gasteiger partial charge in [0.2, 0.25) is 0 Å². The Morgan fingerprint density at radius 2 is 2.12 bits per heavy atom.